The highest BCUT2D eigenvalue weighted by atomic mass is 16.5. The lowest BCUT2D eigenvalue weighted by Gasteiger charge is -2.18. The molecule has 0 spiro atoms. The smallest absolute Gasteiger partial charge is 0.329 e. The van der Waals surface area contributed by atoms with Crippen molar-refractivity contribution in [2.45, 2.75) is 39.7 Å². The van der Waals surface area contributed by atoms with Gasteiger partial charge in [0, 0.05) is 13.6 Å². The molecule has 1 atom stereocenters. The number of carbonyl (C=O) groups excluding carboxylic acids is 2. The van der Waals surface area contributed by atoms with Crippen LogP contribution in [0.3, 0.4) is 0 Å². The van der Waals surface area contributed by atoms with Crippen molar-refractivity contribution in [1.29, 1.82) is 0 Å². The third-order valence-corrected chi connectivity index (χ3v) is 3.57. The molecule has 6 heteroatoms. The zero-order valence-electron chi connectivity index (χ0n) is 13.1. The van der Waals surface area contributed by atoms with Crippen molar-refractivity contribution in [3.63, 3.8) is 0 Å². The average molecular weight is 293 g/mol. The van der Waals surface area contributed by atoms with Crippen LogP contribution in [0.1, 0.15) is 33.6 Å². The first kappa shape index (κ1) is 17.1. The standard InChI is InChI=1S/C15H23N3O3/c1-5-13(17-12(3)11(2)16-4)9-21-15(20)14-7-6-8-18(14)10-19/h5,10,14H,6-9H2,1-4H3/b13-5+,16-11?,17-12?. The zero-order chi connectivity index (χ0) is 15.8. The summed E-state index contributed by atoms with van der Waals surface area (Å²) in [6, 6.07) is -0.454. The normalized spacial score (nSPS) is 20.7. The second kappa shape index (κ2) is 8.34. The predicted molar refractivity (Wildman–Crippen MR) is 82.7 cm³/mol. The number of ether oxygens (including phenoxy) is 1. The Kier molecular flexibility index (Phi) is 6.78. The van der Waals surface area contributed by atoms with E-state index in [2.05, 4.69) is 9.98 Å². The second-order valence-corrected chi connectivity index (χ2v) is 4.90. The summed E-state index contributed by atoms with van der Waals surface area (Å²) < 4.78 is 5.27. The summed E-state index contributed by atoms with van der Waals surface area (Å²) >= 11 is 0. The summed E-state index contributed by atoms with van der Waals surface area (Å²) in [6.45, 7) is 6.29. The van der Waals surface area contributed by atoms with Gasteiger partial charge in [-0.3, -0.25) is 14.8 Å². The molecule has 0 N–H and O–H groups in total. The van der Waals surface area contributed by atoms with Crippen LogP contribution in [0.2, 0.25) is 0 Å². The molecule has 1 saturated heterocycles. The molecule has 1 aliphatic rings. The lowest BCUT2D eigenvalue weighted by Crippen LogP contribution is -2.36. The van der Waals surface area contributed by atoms with Gasteiger partial charge in [0.05, 0.1) is 17.1 Å². The van der Waals surface area contributed by atoms with Crippen LogP contribution in [0.25, 0.3) is 0 Å². The van der Waals surface area contributed by atoms with Gasteiger partial charge in [0.1, 0.15) is 12.6 Å². The van der Waals surface area contributed by atoms with Gasteiger partial charge in [-0.1, -0.05) is 6.08 Å². The van der Waals surface area contributed by atoms with Gasteiger partial charge in [0.15, 0.2) is 0 Å². The Bertz CT molecular complexity index is 481. The summed E-state index contributed by atoms with van der Waals surface area (Å²) in [6.07, 6.45) is 4.00. The highest BCUT2D eigenvalue weighted by Gasteiger charge is 2.30. The molecule has 116 valence electrons. The zero-order valence-corrected chi connectivity index (χ0v) is 13.1. The molecule has 1 aliphatic heterocycles. The van der Waals surface area contributed by atoms with Crippen molar-refractivity contribution in [3.8, 4) is 0 Å². The molecule has 0 aliphatic carbocycles. The number of likely N-dealkylation sites (tertiary alicyclic amines) is 1. The number of amides is 1. The van der Waals surface area contributed by atoms with Crippen molar-refractivity contribution in [1.82, 2.24) is 4.90 Å². The van der Waals surface area contributed by atoms with Gasteiger partial charge < -0.3 is 9.64 Å². The summed E-state index contributed by atoms with van der Waals surface area (Å²) in [4.78, 5) is 32.8. The number of rotatable bonds is 6. The molecular weight excluding hydrogens is 270 g/mol. The van der Waals surface area contributed by atoms with Crippen LogP contribution < -0.4 is 0 Å². The van der Waals surface area contributed by atoms with Crippen LogP contribution >= 0.6 is 0 Å². The molecule has 0 radical (unpaired) electrons. The first-order valence-electron chi connectivity index (χ1n) is 7.05. The fourth-order valence-corrected chi connectivity index (χ4v) is 2.05. The van der Waals surface area contributed by atoms with Crippen LogP contribution in [0, 0.1) is 0 Å². The topological polar surface area (TPSA) is 71.3 Å². The number of carbonyl (C=O) groups is 2. The molecule has 1 rings (SSSR count). The first-order valence-corrected chi connectivity index (χ1v) is 7.05. The maximum absolute atomic E-state index is 12.0. The SMILES string of the molecule is C/C=C(\COC(=O)C1CCCN1C=O)N=C(C)C(C)=NC. The van der Waals surface area contributed by atoms with Gasteiger partial charge in [0.2, 0.25) is 6.41 Å². The summed E-state index contributed by atoms with van der Waals surface area (Å²) in [7, 11) is 1.71. The molecule has 0 saturated carbocycles. The molecule has 1 heterocycles. The van der Waals surface area contributed by atoms with Gasteiger partial charge in [0.25, 0.3) is 0 Å². The Balaban J connectivity index is 2.60. The lowest BCUT2D eigenvalue weighted by atomic mass is 10.2. The van der Waals surface area contributed by atoms with E-state index in [1.807, 2.05) is 20.8 Å². The lowest BCUT2D eigenvalue weighted by molar-refractivity contribution is -0.149. The van der Waals surface area contributed by atoms with E-state index in [4.69, 9.17) is 4.74 Å². The Morgan fingerprint density at radius 1 is 1.38 bits per heavy atom. The molecule has 0 aromatic carbocycles. The largest absolute Gasteiger partial charge is 0.458 e. The van der Waals surface area contributed by atoms with Crippen molar-refractivity contribution >= 4 is 23.8 Å². The van der Waals surface area contributed by atoms with Gasteiger partial charge >= 0.3 is 5.97 Å². The Labute approximate surface area is 125 Å². The highest BCUT2D eigenvalue weighted by molar-refractivity contribution is 6.40. The fourth-order valence-electron chi connectivity index (χ4n) is 2.05. The van der Waals surface area contributed by atoms with E-state index >= 15 is 0 Å². The van der Waals surface area contributed by atoms with Crippen molar-refractivity contribution in [2.75, 3.05) is 20.2 Å². The summed E-state index contributed by atoms with van der Waals surface area (Å²) in [5.41, 5.74) is 2.29. The Morgan fingerprint density at radius 2 is 2.10 bits per heavy atom. The van der Waals surface area contributed by atoms with Crippen molar-refractivity contribution in [3.05, 3.63) is 11.8 Å². The maximum atomic E-state index is 12.0. The second-order valence-electron chi connectivity index (χ2n) is 4.90. The number of allylic oxidation sites excluding steroid dienone is 1. The number of nitrogens with zero attached hydrogens (tertiary/aromatic N) is 3. The molecule has 0 bridgehead atoms. The molecular formula is C15H23N3O3. The molecule has 1 fully saturated rings. The van der Waals surface area contributed by atoms with E-state index in [9.17, 15) is 9.59 Å². The third kappa shape index (κ3) is 4.81. The molecule has 21 heavy (non-hydrogen) atoms. The van der Waals surface area contributed by atoms with E-state index < -0.39 is 6.04 Å². The molecule has 0 aromatic heterocycles. The minimum atomic E-state index is -0.454. The van der Waals surface area contributed by atoms with E-state index in [1.54, 1.807) is 13.1 Å². The quantitative estimate of drug-likeness (QED) is 0.424. The van der Waals surface area contributed by atoms with E-state index in [0.717, 1.165) is 17.8 Å². The monoisotopic (exact) mass is 293 g/mol. The molecule has 1 unspecified atom stereocenters. The van der Waals surface area contributed by atoms with Gasteiger partial charge in [-0.25, -0.2) is 4.79 Å². The van der Waals surface area contributed by atoms with Crippen LogP contribution in [0.15, 0.2) is 21.8 Å². The fraction of sp³-hybridized carbons (Fsp3) is 0.600. The maximum Gasteiger partial charge on any atom is 0.329 e. The predicted octanol–water partition coefficient (Wildman–Crippen LogP) is 1.61. The van der Waals surface area contributed by atoms with E-state index in [1.165, 1.54) is 4.90 Å². The first-order chi connectivity index (χ1) is 10.0. The van der Waals surface area contributed by atoms with Crippen LogP contribution in [0.4, 0.5) is 0 Å². The molecule has 1 amide bonds. The highest BCUT2D eigenvalue weighted by Crippen LogP contribution is 2.16. The number of hydrogen-bond donors (Lipinski definition) is 0. The van der Waals surface area contributed by atoms with Gasteiger partial charge in [-0.2, -0.15) is 0 Å². The minimum Gasteiger partial charge on any atom is -0.458 e. The van der Waals surface area contributed by atoms with Gasteiger partial charge in [-0.05, 0) is 33.6 Å². The van der Waals surface area contributed by atoms with E-state index in [0.29, 0.717) is 25.1 Å². The third-order valence-electron chi connectivity index (χ3n) is 3.57. The van der Waals surface area contributed by atoms with Crippen LogP contribution in [-0.4, -0.2) is 54.9 Å². The number of hydrogen-bond acceptors (Lipinski definition) is 5. The van der Waals surface area contributed by atoms with Crippen molar-refractivity contribution in [2.24, 2.45) is 9.98 Å². The molecule has 6 nitrogen and oxygen atoms in total. The average Bonchev–Trinajstić information content (AvgIpc) is 2.98. The number of aliphatic imine (C=N–C) groups is 2. The van der Waals surface area contributed by atoms with E-state index in [-0.39, 0.29) is 12.6 Å². The Morgan fingerprint density at radius 3 is 2.67 bits per heavy atom. The number of esters is 1. The minimum absolute atomic E-state index is 0.104. The van der Waals surface area contributed by atoms with Gasteiger partial charge in [-0.15, -0.1) is 0 Å². The Hall–Kier alpha value is -1.98. The summed E-state index contributed by atoms with van der Waals surface area (Å²) in [5, 5.41) is 0. The molecule has 0 aromatic rings. The van der Waals surface area contributed by atoms with Crippen molar-refractivity contribution < 1.29 is 14.3 Å². The van der Waals surface area contributed by atoms with Crippen LogP contribution in [0.5, 0.6) is 0 Å². The summed E-state index contributed by atoms with van der Waals surface area (Å²) in [5.74, 6) is -0.368. The van der Waals surface area contributed by atoms with Crippen LogP contribution in [-0.2, 0) is 14.3 Å².